The average molecular weight is 496 g/mol. The Balaban J connectivity index is 1.08. The largest absolute Gasteiger partial charge is 0.457 e. The summed E-state index contributed by atoms with van der Waals surface area (Å²) in [6.07, 6.45) is -2.51. The zero-order valence-electron chi connectivity index (χ0n) is 20.3. The Bertz CT molecular complexity index is 1290. The van der Waals surface area contributed by atoms with Crippen molar-refractivity contribution in [3.05, 3.63) is 120 Å². The summed E-state index contributed by atoms with van der Waals surface area (Å²) in [5.74, 6) is 1.34. The lowest BCUT2D eigenvalue weighted by molar-refractivity contribution is 0.0136. The molecule has 0 aliphatic heterocycles. The molecule has 0 saturated heterocycles. The maximum absolute atomic E-state index is 12.3. The molecule has 0 fully saturated rings. The molecule has 1 amide bonds. The highest BCUT2D eigenvalue weighted by Gasteiger charge is 2.29. The van der Waals surface area contributed by atoms with E-state index in [1.165, 1.54) is 11.1 Å². The number of alkyl carbamates (subject to hydrolysis) is 1. The molecule has 2 atom stereocenters. The molecule has 0 spiro atoms. The minimum Gasteiger partial charge on any atom is -0.457 e. The van der Waals surface area contributed by atoms with E-state index in [0.29, 0.717) is 11.3 Å². The van der Waals surface area contributed by atoms with E-state index in [9.17, 15) is 15.0 Å². The fourth-order valence-electron chi connectivity index (χ4n) is 4.71. The fourth-order valence-corrected chi connectivity index (χ4v) is 4.71. The van der Waals surface area contributed by atoms with Crippen molar-refractivity contribution in [2.75, 3.05) is 13.2 Å². The molecule has 4 aromatic carbocycles. The van der Waals surface area contributed by atoms with Crippen LogP contribution in [0, 0.1) is 0 Å². The van der Waals surface area contributed by atoms with Gasteiger partial charge in [-0.1, -0.05) is 78.9 Å². The van der Waals surface area contributed by atoms with E-state index in [1.54, 1.807) is 24.3 Å². The zero-order chi connectivity index (χ0) is 25.6. The lowest BCUT2D eigenvalue weighted by Gasteiger charge is -2.19. The predicted molar refractivity (Wildman–Crippen MR) is 142 cm³/mol. The van der Waals surface area contributed by atoms with Crippen molar-refractivity contribution < 1.29 is 24.5 Å². The van der Waals surface area contributed by atoms with Gasteiger partial charge in [-0.3, -0.25) is 0 Å². The molecule has 188 valence electrons. The second-order valence-electron chi connectivity index (χ2n) is 9.04. The van der Waals surface area contributed by atoms with Crippen molar-refractivity contribution in [1.82, 2.24) is 5.32 Å². The van der Waals surface area contributed by atoms with Crippen LogP contribution in [0.5, 0.6) is 11.5 Å². The molecular formula is C31H29NO5. The molecular weight excluding hydrogens is 466 g/mol. The molecule has 1 aliphatic rings. The van der Waals surface area contributed by atoms with Gasteiger partial charge in [0.25, 0.3) is 0 Å². The van der Waals surface area contributed by atoms with Crippen LogP contribution >= 0.6 is 0 Å². The average Bonchev–Trinajstić information content (AvgIpc) is 3.26. The lowest BCUT2D eigenvalue weighted by atomic mass is 9.98. The molecule has 2 unspecified atom stereocenters. The number of rotatable bonds is 9. The van der Waals surface area contributed by atoms with Crippen molar-refractivity contribution in [3.8, 4) is 22.6 Å². The van der Waals surface area contributed by atoms with E-state index in [1.807, 2.05) is 54.6 Å². The van der Waals surface area contributed by atoms with E-state index < -0.39 is 18.3 Å². The van der Waals surface area contributed by atoms with Gasteiger partial charge < -0.3 is 25.0 Å². The Kier molecular flexibility index (Phi) is 7.49. The Labute approximate surface area is 216 Å². The molecule has 6 heteroatoms. The number of hydrogen-bond donors (Lipinski definition) is 3. The van der Waals surface area contributed by atoms with Crippen molar-refractivity contribution >= 4 is 6.09 Å². The standard InChI is InChI=1S/C31H29NO5/c33-29(30(34)21-14-16-23(17-15-21)37-22-8-2-1-3-9-22)18-19-32-31(35)36-20-28-26-12-6-4-10-24(26)25-11-5-7-13-27(25)28/h1-17,28-30,33-34H,18-20H2,(H,32,35). The van der Waals surface area contributed by atoms with Crippen LogP contribution in [-0.2, 0) is 4.74 Å². The predicted octanol–water partition coefficient (Wildman–Crippen LogP) is 5.80. The third kappa shape index (κ3) is 5.66. The summed E-state index contributed by atoms with van der Waals surface area (Å²) in [5.41, 5.74) is 5.20. The van der Waals surface area contributed by atoms with Gasteiger partial charge in [0.2, 0.25) is 0 Å². The molecule has 4 aromatic rings. The fraction of sp³-hybridized carbons (Fsp3) is 0.194. The third-order valence-corrected chi connectivity index (χ3v) is 6.62. The summed E-state index contributed by atoms with van der Waals surface area (Å²) in [6, 6.07) is 32.6. The van der Waals surface area contributed by atoms with E-state index in [4.69, 9.17) is 9.47 Å². The third-order valence-electron chi connectivity index (χ3n) is 6.62. The second-order valence-corrected chi connectivity index (χ2v) is 9.04. The van der Waals surface area contributed by atoms with Gasteiger partial charge in [-0.25, -0.2) is 4.79 Å². The van der Waals surface area contributed by atoms with Gasteiger partial charge in [-0.15, -0.1) is 0 Å². The van der Waals surface area contributed by atoms with Crippen LogP contribution in [0.2, 0.25) is 0 Å². The molecule has 6 nitrogen and oxygen atoms in total. The normalized spacial score (nSPS) is 13.8. The first-order valence-electron chi connectivity index (χ1n) is 12.4. The molecule has 37 heavy (non-hydrogen) atoms. The van der Waals surface area contributed by atoms with Gasteiger partial charge in [0.15, 0.2) is 0 Å². The number of amides is 1. The van der Waals surface area contributed by atoms with Crippen LogP contribution in [0.1, 0.15) is 35.1 Å². The first-order chi connectivity index (χ1) is 18.1. The first kappa shape index (κ1) is 24.6. The minimum absolute atomic E-state index is 0.0144. The summed E-state index contributed by atoms with van der Waals surface area (Å²) >= 11 is 0. The smallest absolute Gasteiger partial charge is 0.407 e. The van der Waals surface area contributed by atoms with Crippen molar-refractivity contribution in [2.24, 2.45) is 0 Å². The molecule has 0 saturated carbocycles. The van der Waals surface area contributed by atoms with Crippen LogP contribution in [0.25, 0.3) is 11.1 Å². The summed E-state index contributed by atoms with van der Waals surface area (Å²) in [6.45, 7) is 0.395. The highest BCUT2D eigenvalue weighted by molar-refractivity contribution is 5.79. The van der Waals surface area contributed by atoms with E-state index >= 15 is 0 Å². The number of carbonyl (C=O) groups excluding carboxylic acids is 1. The quantitative estimate of drug-likeness (QED) is 0.273. The molecule has 3 N–H and O–H groups in total. The Morgan fingerprint density at radius 2 is 1.32 bits per heavy atom. The number of carbonyl (C=O) groups is 1. The van der Waals surface area contributed by atoms with Gasteiger partial charge in [0.1, 0.15) is 24.2 Å². The summed E-state index contributed by atoms with van der Waals surface area (Å²) < 4.78 is 11.3. The summed E-state index contributed by atoms with van der Waals surface area (Å²) in [4.78, 5) is 12.3. The SMILES string of the molecule is O=C(NCCC(O)C(O)c1ccc(Oc2ccccc2)cc1)OCC1c2ccccc2-c2ccccc21. The Morgan fingerprint density at radius 1 is 0.757 bits per heavy atom. The molecule has 1 aliphatic carbocycles. The first-order valence-corrected chi connectivity index (χ1v) is 12.4. The Morgan fingerprint density at radius 3 is 1.97 bits per heavy atom. The maximum Gasteiger partial charge on any atom is 0.407 e. The number of ether oxygens (including phenoxy) is 2. The van der Waals surface area contributed by atoms with Gasteiger partial charge in [0.05, 0.1) is 6.10 Å². The molecule has 5 rings (SSSR count). The molecule has 0 radical (unpaired) electrons. The van der Waals surface area contributed by atoms with Crippen LogP contribution in [0.3, 0.4) is 0 Å². The van der Waals surface area contributed by atoms with Gasteiger partial charge in [0, 0.05) is 12.5 Å². The number of aliphatic hydroxyl groups excluding tert-OH is 2. The highest BCUT2D eigenvalue weighted by Crippen LogP contribution is 2.44. The van der Waals surface area contributed by atoms with Crippen LogP contribution in [0.15, 0.2) is 103 Å². The van der Waals surface area contributed by atoms with Crippen molar-refractivity contribution in [1.29, 1.82) is 0 Å². The van der Waals surface area contributed by atoms with E-state index in [2.05, 4.69) is 29.6 Å². The van der Waals surface area contributed by atoms with E-state index in [-0.39, 0.29) is 25.5 Å². The maximum atomic E-state index is 12.3. The number of benzene rings is 4. The van der Waals surface area contributed by atoms with Gasteiger partial charge in [-0.05, 0) is 58.5 Å². The second kappa shape index (κ2) is 11.3. The van der Waals surface area contributed by atoms with Gasteiger partial charge >= 0.3 is 6.09 Å². The monoisotopic (exact) mass is 495 g/mol. The molecule has 0 heterocycles. The van der Waals surface area contributed by atoms with Crippen LogP contribution < -0.4 is 10.1 Å². The number of para-hydroxylation sites is 1. The van der Waals surface area contributed by atoms with E-state index in [0.717, 1.165) is 16.9 Å². The molecule has 0 aromatic heterocycles. The van der Waals surface area contributed by atoms with Crippen LogP contribution in [0.4, 0.5) is 4.79 Å². The lowest BCUT2D eigenvalue weighted by Crippen LogP contribution is -2.30. The van der Waals surface area contributed by atoms with Crippen molar-refractivity contribution in [3.63, 3.8) is 0 Å². The minimum atomic E-state index is -1.09. The van der Waals surface area contributed by atoms with Gasteiger partial charge in [-0.2, -0.15) is 0 Å². The molecule has 0 bridgehead atoms. The van der Waals surface area contributed by atoms with Crippen LogP contribution in [-0.4, -0.2) is 35.6 Å². The summed E-state index contributed by atoms with van der Waals surface area (Å²) in [7, 11) is 0. The summed E-state index contributed by atoms with van der Waals surface area (Å²) in [5, 5.41) is 23.6. The van der Waals surface area contributed by atoms with Crippen molar-refractivity contribution in [2.45, 2.75) is 24.5 Å². The number of fused-ring (bicyclic) bond motifs is 3. The topological polar surface area (TPSA) is 88.0 Å². The zero-order valence-corrected chi connectivity index (χ0v) is 20.3. The number of hydrogen-bond acceptors (Lipinski definition) is 5. The highest BCUT2D eigenvalue weighted by atomic mass is 16.5. The Hall–Kier alpha value is -4.13. The number of aliphatic hydroxyl groups is 2. The number of nitrogens with one attached hydrogen (secondary N) is 1.